The van der Waals surface area contributed by atoms with E-state index in [2.05, 4.69) is 17.4 Å². The minimum atomic E-state index is 0.155. The highest BCUT2D eigenvalue weighted by Gasteiger charge is 2.26. The Kier molecular flexibility index (Phi) is 4.90. The SMILES string of the molecule is CC(=O)C[C@H]1NCCC[C@@H]1OCc1ccccc1. The van der Waals surface area contributed by atoms with Crippen LogP contribution in [0, 0.1) is 0 Å². The van der Waals surface area contributed by atoms with Crippen molar-refractivity contribution in [3.63, 3.8) is 0 Å². The smallest absolute Gasteiger partial charge is 0.131 e. The van der Waals surface area contributed by atoms with Gasteiger partial charge in [0.15, 0.2) is 0 Å². The Morgan fingerprint density at radius 2 is 2.17 bits per heavy atom. The molecule has 3 heteroatoms. The molecule has 98 valence electrons. The molecule has 0 unspecified atom stereocenters. The van der Waals surface area contributed by atoms with E-state index in [0.717, 1.165) is 19.4 Å². The Morgan fingerprint density at radius 3 is 2.89 bits per heavy atom. The van der Waals surface area contributed by atoms with Gasteiger partial charge < -0.3 is 10.1 Å². The van der Waals surface area contributed by atoms with E-state index in [-0.39, 0.29) is 17.9 Å². The first-order valence-electron chi connectivity index (χ1n) is 6.64. The molecule has 1 saturated heterocycles. The summed E-state index contributed by atoms with van der Waals surface area (Å²) in [6, 6.07) is 10.4. The molecule has 2 rings (SSSR count). The average Bonchev–Trinajstić information content (AvgIpc) is 2.38. The summed E-state index contributed by atoms with van der Waals surface area (Å²) < 4.78 is 5.97. The molecule has 0 amide bonds. The molecule has 1 aromatic rings. The van der Waals surface area contributed by atoms with Crippen molar-refractivity contribution in [3.05, 3.63) is 35.9 Å². The topological polar surface area (TPSA) is 38.3 Å². The maximum absolute atomic E-state index is 11.2. The summed E-state index contributed by atoms with van der Waals surface area (Å²) in [4.78, 5) is 11.2. The number of rotatable bonds is 5. The first-order chi connectivity index (χ1) is 8.75. The molecule has 0 bridgehead atoms. The summed E-state index contributed by atoms with van der Waals surface area (Å²) in [5.41, 5.74) is 1.18. The summed E-state index contributed by atoms with van der Waals surface area (Å²) in [5, 5.41) is 3.39. The fourth-order valence-electron chi connectivity index (χ4n) is 2.41. The second-order valence-corrected chi connectivity index (χ2v) is 4.94. The zero-order chi connectivity index (χ0) is 12.8. The number of carbonyl (C=O) groups excluding carboxylic acids is 1. The second kappa shape index (κ2) is 6.66. The van der Waals surface area contributed by atoms with Crippen LogP contribution < -0.4 is 5.32 Å². The fourth-order valence-corrected chi connectivity index (χ4v) is 2.41. The summed E-state index contributed by atoms with van der Waals surface area (Å²) in [7, 11) is 0. The molecule has 3 nitrogen and oxygen atoms in total. The third kappa shape index (κ3) is 3.93. The van der Waals surface area contributed by atoms with Crippen molar-refractivity contribution >= 4 is 5.78 Å². The molecule has 0 spiro atoms. The molecule has 0 aromatic heterocycles. The van der Waals surface area contributed by atoms with E-state index in [1.807, 2.05) is 18.2 Å². The number of hydrogen-bond acceptors (Lipinski definition) is 3. The van der Waals surface area contributed by atoms with E-state index in [1.54, 1.807) is 6.92 Å². The monoisotopic (exact) mass is 247 g/mol. The molecule has 1 fully saturated rings. The van der Waals surface area contributed by atoms with Gasteiger partial charge in [0.05, 0.1) is 12.7 Å². The number of benzene rings is 1. The molecule has 1 aliphatic heterocycles. The first kappa shape index (κ1) is 13.2. The predicted molar refractivity (Wildman–Crippen MR) is 71.3 cm³/mol. The normalized spacial score (nSPS) is 23.8. The molecule has 1 aliphatic rings. The van der Waals surface area contributed by atoms with Crippen molar-refractivity contribution in [2.75, 3.05) is 6.54 Å². The van der Waals surface area contributed by atoms with Gasteiger partial charge >= 0.3 is 0 Å². The van der Waals surface area contributed by atoms with Crippen molar-refractivity contribution in [3.8, 4) is 0 Å². The molecule has 18 heavy (non-hydrogen) atoms. The van der Waals surface area contributed by atoms with E-state index < -0.39 is 0 Å². The largest absolute Gasteiger partial charge is 0.372 e. The van der Waals surface area contributed by atoms with Gasteiger partial charge in [0.2, 0.25) is 0 Å². The predicted octanol–water partition coefficient (Wildman–Crippen LogP) is 2.30. The van der Waals surface area contributed by atoms with E-state index >= 15 is 0 Å². The fraction of sp³-hybridized carbons (Fsp3) is 0.533. The van der Waals surface area contributed by atoms with Gasteiger partial charge in [-0.15, -0.1) is 0 Å². The number of ketones is 1. The number of carbonyl (C=O) groups is 1. The van der Waals surface area contributed by atoms with Gasteiger partial charge in [0.25, 0.3) is 0 Å². The first-order valence-corrected chi connectivity index (χ1v) is 6.64. The van der Waals surface area contributed by atoms with E-state index in [1.165, 1.54) is 5.56 Å². The van der Waals surface area contributed by atoms with Crippen LogP contribution in [0.4, 0.5) is 0 Å². The number of ether oxygens (including phenoxy) is 1. The number of hydrogen-bond donors (Lipinski definition) is 1. The van der Waals surface area contributed by atoms with E-state index in [0.29, 0.717) is 13.0 Å². The van der Waals surface area contributed by atoms with Crippen LogP contribution in [-0.4, -0.2) is 24.5 Å². The zero-order valence-electron chi connectivity index (χ0n) is 10.9. The highest BCUT2D eigenvalue weighted by Crippen LogP contribution is 2.17. The third-order valence-corrected chi connectivity index (χ3v) is 3.34. The van der Waals surface area contributed by atoms with Gasteiger partial charge in [-0.05, 0) is 31.9 Å². The van der Waals surface area contributed by atoms with E-state index in [9.17, 15) is 4.79 Å². The lowest BCUT2D eigenvalue weighted by atomic mass is 9.97. The van der Waals surface area contributed by atoms with Crippen LogP contribution in [-0.2, 0) is 16.1 Å². The van der Waals surface area contributed by atoms with Crippen LogP contribution in [0.3, 0.4) is 0 Å². The highest BCUT2D eigenvalue weighted by molar-refractivity contribution is 5.76. The molecule has 2 atom stereocenters. The summed E-state index contributed by atoms with van der Waals surface area (Å²) in [6.45, 7) is 3.26. The minimum absolute atomic E-state index is 0.155. The second-order valence-electron chi connectivity index (χ2n) is 4.94. The maximum Gasteiger partial charge on any atom is 0.131 e. The van der Waals surface area contributed by atoms with Crippen LogP contribution in [0.25, 0.3) is 0 Å². The van der Waals surface area contributed by atoms with Crippen molar-refractivity contribution in [2.24, 2.45) is 0 Å². The third-order valence-electron chi connectivity index (χ3n) is 3.34. The van der Waals surface area contributed by atoms with Crippen molar-refractivity contribution < 1.29 is 9.53 Å². The number of nitrogens with one attached hydrogen (secondary N) is 1. The minimum Gasteiger partial charge on any atom is -0.372 e. The molecular formula is C15H21NO2. The maximum atomic E-state index is 11.2. The number of piperidine rings is 1. The van der Waals surface area contributed by atoms with Gasteiger partial charge in [0, 0.05) is 12.5 Å². The van der Waals surface area contributed by atoms with Gasteiger partial charge in [0.1, 0.15) is 5.78 Å². The number of Topliss-reactive ketones (excluding diaryl/α,β-unsaturated/α-hetero) is 1. The lowest BCUT2D eigenvalue weighted by Gasteiger charge is -2.32. The van der Waals surface area contributed by atoms with Gasteiger partial charge in [-0.1, -0.05) is 30.3 Å². The molecule has 1 aromatic carbocycles. The summed E-state index contributed by atoms with van der Waals surface area (Å²) in [6.07, 6.45) is 2.88. The molecule has 0 aliphatic carbocycles. The highest BCUT2D eigenvalue weighted by atomic mass is 16.5. The van der Waals surface area contributed by atoms with Crippen LogP contribution >= 0.6 is 0 Å². The molecule has 1 N–H and O–H groups in total. The Hall–Kier alpha value is -1.19. The summed E-state index contributed by atoms with van der Waals surface area (Å²) >= 11 is 0. The lowest BCUT2D eigenvalue weighted by molar-refractivity contribution is -0.119. The standard InChI is InChI=1S/C15H21NO2/c1-12(17)10-14-15(8-5-9-16-14)18-11-13-6-3-2-4-7-13/h2-4,6-7,14-16H,5,8-11H2,1H3/t14-,15+/m1/s1. The molecule has 0 saturated carbocycles. The van der Waals surface area contributed by atoms with Gasteiger partial charge in [-0.2, -0.15) is 0 Å². The van der Waals surface area contributed by atoms with Gasteiger partial charge in [-0.3, -0.25) is 4.79 Å². The zero-order valence-corrected chi connectivity index (χ0v) is 10.9. The van der Waals surface area contributed by atoms with Crippen LogP contribution in [0.15, 0.2) is 30.3 Å². The Labute approximate surface area is 109 Å². The van der Waals surface area contributed by atoms with Crippen molar-refractivity contribution in [1.29, 1.82) is 0 Å². The molecule has 0 radical (unpaired) electrons. The Balaban J connectivity index is 1.87. The Bertz CT molecular complexity index is 377. The van der Waals surface area contributed by atoms with Gasteiger partial charge in [-0.25, -0.2) is 0 Å². The molecular weight excluding hydrogens is 226 g/mol. The Morgan fingerprint density at radius 1 is 1.39 bits per heavy atom. The summed E-state index contributed by atoms with van der Waals surface area (Å²) in [5.74, 6) is 0.225. The van der Waals surface area contributed by atoms with Crippen molar-refractivity contribution in [1.82, 2.24) is 5.32 Å². The van der Waals surface area contributed by atoms with Crippen LogP contribution in [0.1, 0.15) is 31.7 Å². The van der Waals surface area contributed by atoms with Crippen molar-refractivity contribution in [2.45, 2.75) is 44.9 Å². The quantitative estimate of drug-likeness (QED) is 0.867. The average molecular weight is 247 g/mol. The lowest BCUT2D eigenvalue weighted by Crippen LogP contribution is -2.46. The molecule has 1 heterocycles. The van der Waals surface area contributed by atoms with E-state index in [4.69, 9.17) is 4.74 Å². The van der Waals surface area contributed by atoms with Crippen LogP contribution in [0.5, 0.6) is 0 Å². The van der Waals surface area contributed by atoms with Crippen LogP contribution in [0.2, 0.25) is 0 Å².